The smallest absolute Gasteiger partial charge is 0.248 e. The van der Waals surface area contributed by atoms with Gasteiger partial charge < -0.3 is 15.0 Å². The summed E-state index contributed by atoms with van der Waals surface area (Å²) in [6.45, 7) is 10.5. The number of fused-ring (bicyclic) bond motifs is 1. The number of carbonyl (C=O) groups excluding carboxylic acids is 1. The Morgan fingerprint density at radius 3 is 2.68 bits per heavy atom. The molecule has 0 bridgehead atoms. The molecule has 1 fully saturated rings. The third-order valence-electron chi connectivity index (χ3n) is 6.66. The lowest BCUT2D eigenvalue weighted by atomic mass is 9.90. The van der Waals surface area contributed by atoms with Gasteiger partial charge in [0, 0.05) is 19.0 Å². The van der Waals surface area contributed by atoms with Gasteiger partial charge in [0.25, 0.3) is 0 Å². The minimum absolute atomic E-state index is 0.0193. The molecule has 4 rings (SSSR count). The van der Waals surface area contributed by atoms with Crippen LogP contribution in [0.1, 0.15) is 56.7 Å². The zero-order valence-electron chi connectivity index (χ0n) is 19.0. The van der Waals surface area contributed by atoms with E-state index < -0.39 is 5.54 Å². The maximum absolute atomic E-state index is 13.2. The normalized spacial score (nSPS) is 22.5. The maximum Gasteiger partial charge on any atom is 0.248 e. The minimum Gasteiger partial charge on any atom is -0.370 e. The van der Waals surface area contributed by atoms with Crippen LogP contribution in [0, 0.1) is 5.92 Å². The second-order valence-corrected chi connectivity index (χ2v) is 9.46. The van der Waals surface area contributed by atoms with Crippen molar-refractivity contribution < 1.29 is 9.53 Å². The third kappa shape index (κ3) is 4.83. The number of hydrogen-bond acceptors (Lipinski definition) is 5. The lowest BCUT2D eigenvalue weighted by Gasteiger charge is -2.36. The van der Waals surface area contributed by atoms with Gasteiger partial charge in [0.15, 0.2) is 5.82 Å². The summed E-state index contributed by atoms with van der Waals surface area (Å²) in [5.74, 6) is 2.51. The highest BCUT2D eigenvalue weighted by molar-refractivity contribution is 5.84. The van der Waals surface area contributed by atoms with E-state index in [0.717, 1.165) is 37.2 Å². The molecule has 0 saturated carbocycles. The molecule has 31 heavy (non-hydrogen) atoms. The summed E-state index contributed by atoms with van der Waals surface area (Å²) in [7, 11) is 0. The highest BCUT2D eigenvalue weighted by atomic mass is 16.5. The predicted molar refractivity (Wildman–Crippen MR) is 120 cm³/mol. The van der Waals surface area contributed by atoms with E-state index in [-0.39, 0.29) is 11.8 Å². The van der Waals surface area contributed by atoms with Crippen molar-refractivity contribution in [2.45, 2.75) is 58.1 Å². The molecule has 1 aromatic heterocycles. The van der Waals surface area contributed by atoms with Gasteiger partial charge in [0.2, 0.25) is 5.91 Å². The molecule has 1 atom stereocenters. The van der Waals surface area contributed by atoms with Crippen molar-refractivity contribution in [3.63, 3.8) is 0 Å². The number of amides is 1. The van der Waals surface area contributed by atoms with Crippen molar-refractivity contribution in [3.8, 4) is 0 Å². The van der Waals surface area contributed by atoms with Gasteiger partial charge in [0.05, 0.1) is 6.61 Å². The Labute approximate surface area is 185 Å². The monoisotopic (exact) mass is 425 g/mol. The molecular weight excluding hydrogens is 390 g/mol. The Balaban J connectivity index is 1.26. The van der Waals surface area contributed by atoms with Crippen LogP contribution >= 0.6 is 0 Å². The highest BCUT2D eigenvalue weighted by Gasteiger charge is 2.42. The van der Waals surface area contributed by atoms with Gasteiger partial charge in [-0.15, -0.1) is 10.2 Å². The molecule has 1 saturated heterocycles. The Hall–Kier alpha value is -2.25. The van der Waals surface area contributed by atoms with Gasteiger partial charge >= 0.3 is 0 Å². The van der Waals surface area contributed by atoms with E-state index in [1.807, 2.05) is 11.5 Å². The van der Waals surface area contributed by atoms with Gasteiger partial charge in [-0.25, -0.2) is 0 Å². The summed E-state index contributed by atoms with van der Waals surface area (Å²) in [6, 6.07) is 10.8. The van der Waals surface area contributed by atoms with Crippen molar-refractivity contribution in [1.29, 1.82) is 0 Å². The van der Waals surface area contributed by atoms with Crippen molar-refractivity contribution in [2.75, 3.05) is 32.8 Å². The Morgan fingerprint density at radius 2 is 1.97 bits per heavy atom. The van der Waals surface area contributed by atoms with E-state index >= 15 is 0 Å². The van der Waals surface area contributed by atoms with Crippen molar-refractivity contribution in [3.05, 3.63) is 47.5 Å². The fraction of sp³-hybridized carbons (Fsp3) is 0.625. The van der Waals surface area contributed by atoms with Gasteiger partial charge in [-0.1, -0.05) is 44.2 Å². The number of piperidine rings is 1. The quantitative estimate of drug-likeness (QED) is 0.739. The summed E-state index contributed by atoms with van der Waals surface area (Å²) in [5, 5.41) is 11.7. The Bertz CT molecular complexity index is 873. The third-order valence-corrected chi connectivity index (χ3v) is 6.66. The molecule has 7 nitrogen and oxygen atoms in total. The largest absolute Gasteiger partial charge is 0.370 e. The molecule has 2 aliphatic rings. The SMILES string of the molecule is CC(C)c1nnc2n1C(C)(C(=O)NCCN1CCC(Cc3ccccc3)CC1)COC2. The van der Waals surface area contributed by atoms with Crippen molar-refractivity contribution in [1.82, 2.24) is 25.0 Å². The van der Waals surface area contributed by atoms with Crippen LogP contribution in [0.25, 0.3) is 0 Å². The second-order valence-electron chi connectivity index (χ2n) is 9.46. The molecule has 168 valence electrons. The number of aromatic nitrogens is 3. The number of carbonyl (C=O) groups is 1. The first kappa shape index (κ1) is 22.0. The van der Waals surface area contributed by atoms with Gasteiger partial charge in [-0.2, -0.15) is 0 Å². The fourth-order valence-electron chi connectivity index (χ4n) is 4.79. The number of rotatable bonds is 7. The molecule has 1 aromatic carbocycles. The molecule has 1 unspecified atom stereocenters. The molecule has 0 aliphatic carbocycles. The number of nitrogens with one attached hydrogen (secondary N) is 1. The molecule has 0 radical (unpaired) electrons. The van der Waals surface area contributed by atoms with Crippen molar-refractivity contribution >= 4 is 5.91 Å². The second kappa shape index (κ2) is 9.49. The van der Waals surface area contributed by atoms with E-state index in [1.54, 1.807) is 0 Å². The molecule has 3 heterocycles. The molecule has 1 amide bonds. The summed E-state index contributed by atoms with van der Waals surface area (Å²) < 4.78 is 7.68. The summed E-state index contributed by atoms with van der Waals surface area (Å²) >= 11 is 0. The predicted octanol–water partition coefficient (Wildman–Crippen LogP) is 2.72. The molecule has 1 N–H and O–H groups in total. The van der Waals surface area contributed by atoms with Crippen LogP contribution in [-0.2, 0) is 28.1 Å². The molecule has 2 aliphatic heterocycles. The van der Waals surface area contributed by atoms with E-state index in [1.165, 1.54) is 24.8 Å². The Kier molecular flexibility index (Phi) is 6.72. The average Bonchev–Trinajstić information content (AvgIpc) is 3.22. The van der Waals surface area contributed by atoms with Crippen molar-refractivity contribution in [2.24, 2.45) is 5.92 Å². The summed E-state index contributed by atoms with van der Waals surface area (Å²) in [5.41, 5.74) is 0.629. The van der Waals surface area contributed by atoms with Crippen LogP contribution < -0.4 is 5.32 Å². The summed E-state index contributed by atoms with van der Waals surface area (Å²) in [4.78, 5) is 15.6. The maximum atomic E-state index is 13.2. The number of likely N-dealkylation sites (tertiary alicyclic amines) is 1. The first-order chi connectivity index (χ1) is 15.0. The van der Waals surface area contributed by atoms with Crippen LogP contribution in [0.2, 0.25) is 0 Å². The van der Waals surface area contributed by atoms with Crippen LogP contribution in [0.3, 0.4) is 0 Å². The lowest BCUT2D eigenvalue weighted by Crippen LogP contribution is -2.54. The Morgan fingerprint density at radius 1 is 1.23 bits per heavy atom. The molecular formula is C24H35N5O2. The number of ether oxygens (including phenoxy) is 1. The highest BCUT2D eigenvalue weighted by Crippen LogP contribution is 2.29. The minimum atomic E-state index is -0.806. The molecule has 0 spiro atoms. The van der Waals surface area contributed by atoms with E-state index in [0.29, 0.717) is 19.8 Å². The number of hydrogen-bond donors (Lipinski definition) is 1. The number of benzene rings is 1. The first-order valence-corrected chi connectivity index (χ1v) is 11.5. The van der Waals surface area contributed by atoms with Crippen LogP contribution in [0.5, 0.6) is 0 Å². The van der Waals surface area contributed by atoms with Gasteiger partial charge in [-0.05, 0) is 50.8 Å². The summed E-state index contributed by atoms with van der Waals surface area (Å²) in [6.07, 6.45) is 3.61. The first-order valence-electron chi connectivity index (χ1n) is 11.5. The zero-order valence-corrected chi connectivity index (χ0v) is 19.0. The van der Waals surface area contributed by atoms with Crippen LogP contribution in [0.15, 0.2) is 30.3 Å². The van der Waals surface area contributed by atoms with Crippen LogP contribution in [-0.4, -0.2) is 58.4 Å². The van der Waals surface area contributed by atoms with Crippen LogP contribution in [0.4, 0.5) is 0 Å². The van der Waals surface area contributed by atoms with E-state index in [4.69, 9.17) is 4.74 Å². The zero-order chi connectivity index (χ0) is 21.8. The number of nitrogens with zero attached hydrogens (tertiary/aromatic N) is 4. The lowest BCUT2D eigenvalue weighted by molar-refractivity contribution is -0.135. The van der Waals surface area contributed by atoms with Gasteiger partial charge in [-0.3, -0.25) is 9.36 Å². The molecule has 7 heteroatoms. The van der Waals surface area contributed by atoms with E-state index in [2.05, 4.69) is 64.6 Å². The van der Waals surface area contributed by atoms with E-state index in [9.17, 15) is 4.79 Å². The fourth-order valence-corrected chi connectivity index (χ4v) is 4.79. The average molecular weight is 426 g/mol. The molecule has 2 aromatic rings. The van der Waals surface area contributed by atoms with Gasteiger partial charge in [0.1, 0.15) is 18.0 Å². The topological polar surface area (TPSA) is 72.3 Å². The standard InChI is InChI=1S/C24H35N5O2/c1-18(2)22-27-26-21-16-31-17-24(3,29(21)22)23(30)25-11-14-28-12-9-20(10-13-28)15-19-7-5-4-6-8-19/h4-8,18,20H,9-17H2,1-3H3,(H,25,30).